The maximum absolute atomic E-state index is 11.2. The summed E-state index contributed by atoms with van der Waals surface area (Å²) in [5.74, 6) is -1.64. The van der Waals surface area contributed by atoms with Crippen LogP contribution in [0.5, 0.6) is 0 Å². The van der Waals surface area contributed by atoms with Gasteiger partial charge in [-0.25, -0.2) is 10.3 Å². The van der Waals surface area contributed by atoms with Crippen molar-refractivity contribution in [2.24, 2.45) is 5.16 Å². The molecular weight excluding hydrogens is 523 g/mol. The predicted molar refractivity (Wildman–Crippen MR) is 128 cm³/mol. The van der Waals surface area contributed by atoms with E-state index in [2.05, 4.69) is 20.6 Å². The van der Waals surface area contributed by atoms with Crippen molar-refractivity contribution in [2.45, 2.75) is 61.1 Å². The van der Waals surface area contributed by atoms with Crippen molar-refractivity contribution in [1.82, 2.24) is 26.7 Å². The Labute approximate surface area is 218 Å². The number of carbonyl (C=O) groups excluding carboxylic acids is 6. The third-order valence-corrected chi connectivity index (χ3v) is 2.41. The van der Waals surface area contributed by atoms with Crippen molar-refractivity contribution in [3.8, 4) is 6.19 Å². The molecule has 0 spiro atoms. The molecule has 220 valence electrons. The lowest BCUT2D eigenvalue weighted by Crippen LogP contribution is -2.31. The fraction of sp³-hybridized carbons (Fsp3) is 0.600. The van der Waals surface area contributed by atoms with Crippen LogP contribution >= 0.6 is 0 Å². The van der Waals surface area contributed by atoms with E-state index in [0.717, 1.165) is 19.2 Å². The molecule has 18 heteroatoms. The van der Waals surface area contributed by atoms with Gasteiger partial charge >= 0.3 is 12.1 Å². The van der Waals surface area contributed by atoms with Gasteiger partial charge < -0.3 is 20.8 Å². The second kappa shape index (κ2) is 29.0. The number of amides is 5. The van der Waals surface area contributed by atoms with E-state index in [1.54, 1.807) is 19.3 Å². The number of nitriles is 1. The molecule has 1 aliphatic rings. The Morgan fingerprint density at radius 1 is 0.974 bits per heavy atom. The number of halogens is 3. The lowest BCUT2D eigenvalue weighted by atomic mass is 10.3. The molecule has 0 aromatic rings. The minimum absolute atomic E-state index is 0.00463. The number of rotatable bonds is 2. The zero-order chi connectivity index (χ0) is 31.3. The van der Waals surface area contributed by atoms with E-state index in [9.17, 15) is 41.9 Å². The molecule has 0 aromatic carbocycles. The van der Waals surface area contributed by atoms with Crippen molar-refractivity contribution in [3.63, 3.8) is 0 Å². The van der Waals surface area contributed by atoms with Crippen LogP contribution in [0.25, 0.3) is 0 Å². The molecule has 0 aliphatic carbocycles. The van der Waals surface area contributed by atoms with Gasteiger partial charge in [0.25, 0.3) is 0 Å². The summed E-state index contributed by atoms with van der Waals surface area (Å²) in [5.41, 5.74) is 2.14. The van der Waals surface area contributed by atoms with Crippen LogP contribution in [0.3, 0.4) is 0 Å². The van der Waals surface area contributed by atoms with Gasteiger partial charge in [-0.1, -0.05) is 5.16 Å². The second-order valence-electron chi connectivity index (χ2n) is 6.35. The first-order chi connectivity index (χ1) is 17.3. The monoisotopic (exact) mass is 559 g/mol. The number of nitrogens with zero attached hydrogens (tertiary/aromatic N) is 2. The zero-order valence-electron chi connectivity index (χ0n) is 22.5. The van der Waals surface area contributed by atoms with Crippen LogP contribution < -0.4 is 26.7 Å². The highest BCUT2D eigenvalue weighted by atomic mass is 19.4. The average Bonchev–Trinajstić information content (AvgIpc) is 3.16. The molecule has 5 amide bonds. The lowest BCUT2D eigenvalue weighted by molar-refractivity contribution is -0.140. The summed E-state index contributed by atoms with van der Waals surface area (Å²) >= 11 is 0. The van der Waals surface area contributed by atoms with Crippen molar-refractivity contribution in [2.75, 3.05) is 20.1 Å². The molecule has 1 heterocycles. The largest absolute Gasteiger partial charge is 0.405 e. The highest BCUT2D eigenvalue weighted by Gasteiger charge is 2.26. The van der Waals surface area contributed by atoms with Gasteiger partial charge in [-0.2, -0.15) is 18.4 Å². The normalized spacial score (nSPS) is 10.1. The predicted octanol–water partition coefficient (Wildman–Crippen LogP) is 0.00398. The van der Waals surface area contributed by atoms with Crippen LogP contribution in [-0.4, -0.2) is 72.7 Å². The van der Waals surface area contributed by atoms with E-state index in [0.29, 0.717) is 6.42 Å². The van der Waals surface area contributed by atoms with Crippen LogP contribution in [0.4, 0.5) is 13.2 Å². The SMILES string of the molecule is CC(=O)NC#N.CC(=O)NCC(F)(F)F.CC(=O)NO.CC1=NOC(=O)C1.CCNC(C)=O.CNC(C)=O. The average molecular weight is 560 g/mol. The topological polar surface area (TPSA) is 228 Å². The van der Waals surface area contributed by atoms with Gasteiger partial charge in [0.2, 0.25) is 29.5 Å². The van der Waals surface area contributed by atoms with Gasteiger partial charge in [-0.3, -0.25) is 34.5 Å². The van der Waals surface area contributed by atoms with E-state index in [1.165, 1.54) is 39.4 Å². The van der Waals surface area contributed by atoms with Crippen molar-refractivity contribution in [1.29, 1.82) is 5.26 Å². The Morgan fingerprint density at radius 3 is 1.45 bits per heavy atom. The summed E-state index contributed by atoms with van der Waals surface area (Å²) in [6.07, 6.45) is -2.47. The maximum atomic E-state index is 11.2. The molecule has 0 saturated carbocycles. The van der Waals surface area contributed by atoms with E-state index in [-0.39, 0.29) is 23.7 Å². The van der Waals surface area contributed by atoms with Gasteiger partial charge in [0.15, 0.2) is 6.19 Å². The van der Waals surface area contributed by atoms with Crippen molar-refractivity contribution in [3.05, 3.63) is 0 Å². The van der Waals surface area contributed by atoms with E-state index < -0.39 is 24.5 Å². The molecular formula is C20H36F3N7O8. The number of hydrogen-bond donors (Lipinski definition) is 6. The van der Waals surface area contributed by atoms with E-state index in [4.69, 9.17) is 10.5 Å². The number of alkyl halides is 3. The molecule has 15 nitrogen and oxygen atoms in total. The molecule has 0 fully saturated rings. The first kappa shape index (κ1) is 43.8. The fourth-order valence-electron chi connectivity index (χ4n) is 0.955. The molecule has 0 saturated heterocycles. The molecule has 0 atom stereocenters. The highest BCUT2D eigenvalue weighted by molar-refractivity contribution is 6.00. The molecule has 0 unspecified atom stereocenters. The third-order valence-electron chi connectivity index (χ3n) is 2.41. The van der Waals surface area contributed by atoms with Crippen LogP contribution in [0.2, 0.25) is 0 Å². The third kappa shape index (κ3) is 69.7. The minimum Gasteiger partial charge on any atom is -0.359 e. The summed E-state index contributed by atoms with van der Waals surface area (Å²) < 4.78 is 33.6. The zero-order valence-corrected chi connectivity index (χ0v) is 22.5. The second-order valence-corrected chi connectivity index (χ2v) is 6.35. The lowest BCUT2D eigenvalue weighted by Gasteiger charge is -2.04. The van der Waals surface area contributed by atoms with Crippen LogP contribution in [0.15, 0.2) is 5.16 Å². The summed E-state index contributed by atoms with van der Waals surface area (Å²) in [6.45, 7) is 9.64. The standard InChI is InChI=1S/C4H6F3NO.C4H5NO2.C4H9NO.C3H4N2O.C3H7NO.C2H5NO2/c1-3(9)8-2-4(5,6)7;1-3-2-4(6)7-5-3;1-3-5-4(2)6;1-3(6)5-2-4;1-3(5)4-2;1-2(4)3-5/h2H2,1H3,(H,8,9);2H2,1H3;3H2,1-2H3,(H,5,6);1H3,(H,5,6);1-2H3,(H,4,5);5H,1H3,(H,3,4). The number of nitrogens with one attached hydrogen (secondary N) is 5. The fourth-order valence-corrected chi connectivity index (χ4v) is 0.955. The molecule has 6 N–H and O–H groups in total. The summed E-state index contributed by atoms with van der Waals surface area (Å²) in [6, 6.07) is 0. The summed E-state index contributed by atoms with van der Waals surface area (Å²) in [7, 11) is 1.60. The number of carbonyl (C=O) groups is 6. The summed E-state index contributed by atoms with van der Waals surface area (Å²) in [5, 5.41) is 27.0. The Hall–Kier alpha value is -4.27. The van der Waals surface area contributed by atoms with Crippen LogP contribution in [0, 0.1) is 11.5 Å². The van der Waals surface area contributed by atoms with E-state index >= 15 is 0 Å². The van der Waals surface area contributed by atoms with Crippen molar-refractivity contribution < 1.29 is 52.0 Å². The Bertz CT molecular complexity index is 784. The smallest absolute Gasteiger partial charge is 0.359 e. The molecule has 1 rings (SSSR count). The number of hydrogen-bond acceptors (Lipinski definition) is 10. The van der Waals surface area contributed by atoms with Gasteiger partial charge in [-0.05, 0) is 13.8 Å². The molecule has 0 radical (unpaired) electrons. The van der Waals surface area contributed by atoms with Crippen molar-refractivity contribution >= 4 is 41.2 Å². The molecule has 0 bridgehead atoms. The van der Waals surface area contributed by atoms with Gasteiger partial charge in [0.1, 0.15) is 6.54 Å². The Morgan fingerprint density at radius 2 is 1.39 bits per heavy atom. The van der Waals surface area contributed by atoms with Crippen LogP contribution in [-0.2, 0) is 33.6 Å². The maximum Gasteiger partial charge on any atom is 0.405 e. The quantitative estimate of drug-likeness (QED) is 0.0878. The van der Waals surface area contributed by atoms with Gasteiger partial charge in [0, 0.05) is 48.2 Å². The summed E-state index contributed by atoms with van der Waals surface area (Å²) in [4.78, 5) is 63.0. The Balaban J connectivity index is -0.000000116. The van der Waals surface area contributed by atoms with Gasteiger partial charge in [0.05, 0.1) is 12.1 Å². The minimum atomic E-state index is -4.30. The highest BCUT2D eigenvalue weighted by Crippen LogP contribution is 2.11. The molecule has 1 aliphatic heterocycles. The number of oxime groups is 1. The first-order valence-corrected chi connectivity index (χ1v) is 10.3. The Kier molecular flexibility index (Phi) is 33.4. The number of hydroxylamine groups is 1. The van der Waals surface area contributed by atoms with Gasteiger partial charge in [-0.15, -0.1) is 0 Å². The van der Waals surface area contributed by atoms with Crippen LogP contribution in [0.1, 0.15) is 54.9 Å². The first-order valence-electron chi connectivity index (χ1n) is 10.3. The van der Waals surface area contributed by atoms with E-state index in [1.807, 2.05) is 12.2 Å². The molecule has 38 heavy (non-hydrogen) atoms. The molecule has 0 aromatic heterocycles.